The van der Waals surface area contributed by atoms with E-state index in [0.717, 1.165) is 30.9 Å². The molecule has 0 amide bonds. The fourth-order valence-corrected chi connectivity index (χ4v) is 2.06. The predicted molar refractivity (Wildman–Crippen MR) is 59.5 cm³/mol. The number of hydrogen-bond acceptors (Lipinski definition) is 3. The number of benzene rings is 1. The second kappa shape index (κ2) is 4.11. The Bertz CT molecular complexity index is 361. The number of nitrogens with two attached hydrogens (primary N) is 1. The minimum absolute atomic E-state index is 0.144. The summed E-state index contributed by atoms with van der Waals surface area (Å²) >= 11 is 0. The molecule has 1 aliphatic rings. The normalized spacial score (nSPS) is 15.7. The SMILES string of the molecule is COc1ccc2c(c1C[C@@H](C)N)CCO2. The van der Waals surface area contributed by atoms with Crippen LogP contribution in [0, 0.1) is 0 Å². The first-order valence-corrected chi connectivity index (χ1v) is 5.29. The third-order valence-electron chi connectivity index (χ3n) is 2.70. The van der Waals surface area contributed by atoms with E-state index >= 15 is 0 Å². The van der Waals surface area contributed by atoms with Crippen molar-refractivity contribution in [3.63, 3.8) is 0 Å². The van der Waals surface area contributed by atoms with Crippen molar-refractivity contribution in [2.75, 3.05) is 13.7 Å². The largest absolute Gasteiger partial charge is 0.496 e. The van der Waals surface area contributed by atoms with Gasteiger partial charge in [0.2, 0.25) is 0 Å². The molecule has 1 heterocycles. The van der Waals surface area contributed by atoms with Crippen LogP contribution in [-0.4, -0.2) is 19.8 Å². The van der Waals surface area contributed by atoms with Crippen molar-refractivity contribution < 1.29 is 9.47 Å². The molecule has 1 aliphatic heterocycles. The molecule has 0 spiro atoms. The highest BCUT2D eigenvalue weighted by Crippen LogP contribution is 2.34. The van der Waals surface area contributed by atoms with E-state index in [4.69, 9.17) is 15.2 Å². The summed E-state index contributed by atoms with van der Waals surface area (Å²) in [6, 6.07) is 4.08. The lowest BCUT2D eigenvalue weighted by Gasteiger charge is -2.14. The van der Waals surface area contributed by atoms with Crippen LogP contribution in [0.1, 0.15) is 18.1 Å². The first-order chi connectivity index (χ1) is 7.22. The van der Waals surface area contributed by atoms with Gasteiger partial charge in [0.05, 0.1) is 13.7 Å². The summed E-state index contributed by atoms with van der Waals surface area (Å²) in [6.45, 7) is 2.78. The van der Waals surface area contributed by atoms with Crippen molar-refractivity contribution in [2.45, 2.75) is 25.8 Å². The molecule has 82 valence electrons. The van der Waals surface area contributed by atoms with Crippen LogP contribution in [-0.2, 0) is 12.8 Å². The first-order valence-electron chi connectivity index (χ1n) is 5.29. The molecule has 3 nitrogen and oxygen atoms in total. The summed E-state index contributed by atoms with van der Waals surface area (Å²) < 4.78 is 10.9. The van der Waals surface area contributed by atoms with Crippen LogP contribution in [0.15, 0.2) is 12.1 Å². The Morgan fingerprint density at radius 3 is 3.00 bits per heavy atom. The molecule has 3 heteroatoms. The van der Waals surface area contributed by atoms with Gasteiger partial charge < -0.3 is 15.2 Å². The van der Waals surface area contributed by atoms with Gasteiger partial charge in [-0.3, -0.25) is 0 Å². The monoisotopic (exact) mass is 207 g/mol. The van der Waals surface area contributed by atoms with Crippen LogP contribution in [0.25, 0.3) is 0 Å². The van der Waals surface area contributed by atoms with E-state index in [-0.39, 0.29) is 6.04 Å². The Hall–Kier alpha value is -1.22. The van der Waals surface area contributed by atoms with Crippen molar-refractivity contribution >= 4 is 0 Å². The van der Waals surface area contributed by atoms with E-state index in [0.29, 0.717) is 0 Å². The summed E-state index contributed by atoms with van der Waals surface area (Å²) in [5.74, 6) is 1.92. The highest BCUT2D eigenvalue weighted by Gasteiger charge is 2.20. The molecule has 2 rings (SSSR count). The van der Waals surface area contributed by atoms with Gasteiger partial charge >= 0.3 is 0 Å². The van der Waals surface area contributed by atoms with Gasteiger partial charge in [0.1, 0.15) is 11.5 Å². The lowest BCUT2D eigenvalue weighted by atomic mass is 9.98. The average Bonchev–Trinajstić information content (AvgIpc) is 2.65. The molecule has 2 N–H and O–H groups in total. The highest BCUT2D eigenvalue weighted by molar-refractivity contribution is 5.50. The summed E-state index contributed by atoms with van der Waals surface area (Å²) in [7, 11) is 1.70. The molecule has 0 saturated heterocycles. The molecule has 0 fully saturated rings. The maximum atomic E-state index is 5.85. The van der Waals surface area contributed by atoms with Gasteiger partial charge in [0, 0.05) is 23.6 Å². The number of hydrogen-bond donors (Lipinski definition) is 1. The zero-order valence-corrected chi connectivity index (χ0v) is 9.25. The van der Waals surface area contributed by atoms with Crippen LogP contribution in [0.2, 0.25) is 0 Å². The number of rotatable bonds is 3. The molecule has 0 radical (unpaired) electrons. The topological polar surface area (TPSA) is 44.5 Å². The quantitative estimate of drug-likeness (QED) is 0.817. The molecule has 1 aromatic rings. The lowest BCUT2D eigenvalue weighted by Crippen LogP contribution is -2.19. The Morgan fingerprint density at radius 2 is 2.33 bits per heavy atom. The second-order valence-electron chi connectivity index (χ2n) is 4.00. The van der Waals surface area contributed by atoms with Gasteiger partial charge in [0.15, 0.2) is 0 Å². The van der Waals surface area contributed by atoms with Gasteiger partial charge in [-0.2, -0.15) is 0 Å². The van der Waals surface area contributed by atoms with E-state index in [2.05, 4.69) is 0 Å². The third kappa shape index (κ3) is 1.92. The van der Waals surface area contributed by atoms with Crippen molar-refractivity contribution in [2.24, 2.45) is 5.73 Å². The number of fused-ring (bicyclic) bond motifs is 1. The maximum absolute atomic E-state index is 5.85. The summed E-state index contributed by atoms with van der Waals surface area (Å²) in [5, 5.41) is 0. The fraction of sp³-hybridized carbons (Fsp3) is 0.500. The van der Waals surface area contributed by atoms with Gasteiger partial charge in [-0.05, 0) is 25.5 Å². The average molecular weight is 207 g/mol. The minimum atomic E-state index is 0.144. The summed E-state index contributed by atoms with van der Waals surface area (Å²) in [4.78, 5) is 0. The molecule has 1 aromatic carbocycles. The van der Waals surface area contributed by atoms with Crippen molar-refractivity contribution in [3.05, 3.63) is 23.3 Å². The molecule has 0 aliphatic carbocycles. The fourth-order valence-electron chi connectivity index (χ4n) is 2.06. The lowest BCUT2D eigenvalue weighted by molar-refractivity contribution is 0.356. The van der Waals surface area contributed by atoms with E-state index in [1.807, 2.05) is 19.1 Å². The van der Waals surface area contributed by atoms with Gasteiger partial charge in [-0.1, -0.05) is 0 Å². The Kier molecular flexibility index (Phi) is 2.82. The van der Waals surface area contributed by atoms with Crippen molar-refractivity contribution in [1.29, 1.82) is 0 Å². The van der Waals surface area contributed by atoms with E-state index < -0.39 is 0 Å². The second-order valence-corrected chi connectivity index (χ2v) is 4.00. The minimum Gasteiger partial charge on any atom is -0.496 e. The van der Waals surface area contributed by atoms with Crippen LogP contribution in [0.3, 0.4) is 0 Å². The van der Waals surface area contributed by atoms with E-state index in [1.165, 1.54) is 11.1 Å². The molecule has 0 saturated carbocycles. The van der Waals surface area contributed by atoms with Crippen LogP contribution >= 0.6 is 0 Å². The molecule has 15 heavy (non-hydrogen) atoms. The van der Waals surface area contributed by atoms with Gasteiger partial charge in [-0.25, -0.2) is 0 Å². The van der Waals surface area contributed by atoms with Crippen LogP contribution in [0.5, 0.6) is 11.5 Å². The highest BCUT2D eigenvalue weighted by atomic mass is 16.5. The van der Waals surface area contributed by atoms with E-state index in [9.17, 15) is 0 Å². The zero-order valence-electron chi connectivity index (χ0n) is 9.25. The smallest absolute Gasteiger partial charge is 0.123 e. The summed E-state index contributed by atoms with van der Waals surface area (Å²) in [6.07, 6.45) is 1.81. The molecule has 0 unspecified atom stereocenters. The van der Waals surface area contributed by atoms with E-state index in [1.54, 1.807) is 7.11 Å². The van der Waals surface area contributed by atoms with Crippen molar-refractivity contribution in [1.82, 2.24) is 0 Å². The van der Waals surface area contributed by atoms with Crippen LogP contribution in [0.4, 0.5) is 0 Å². The number of ether oxygens (including phenoxy) is 2. The molecular formula is C12H17NO2. The summed E-state index contributed by atoms with van der Waals surface area (Å²) in [5.41, 5.74) is 8.33. The van der Waals surface area contributed by atoms with Crippen LogP contribution < -0.4 is 15.2 Å². The molecule has 0 bridgehead atoms. The van der Waals surface area contributed by atoms with Gasteiger partial charge in [0.25, 0.3) is 0 Å². The Labute approximate surface area is 90.2 Å². The molecular weight excluding hydrogens is 190 g/mol. The third-order valence-corrected chi connectivity index (χ3v) is 2.70. The van der Waals surface area contributed by atoms with Gasteiger partial charge in [-0.15, -0.1) is 0 Å². The molecule has 1 atom stereocenters. The Balaban J connectivity index is 2.42. The standard InChI is InChI=1S/C12H17NO2/c1-8(13)7-10-9-5-6-15-12(9)4-3-11(10)14-2/h3-4,8H,5-7,13H2,1-2H3/t8-/m1/s1. The number of methoxy groups -OCH3 is 1. The molecule has 0 aromatic heterocycles. The predicted octanol–water partition coefficient (Wildman–Crippen LogP) is 1.52. The van der Waals surface area contributed by atoms with Crippen molar-refractivity contribution in [3.8, 4) is 11.5 Å². The maximum Gasteiger partial charge on any atom is 0.123 e. The Morgan fingerprint density at radius 1 is 1.53 bits per heavy atom. The zero-order chi connectivity index (χ0) is 10.8. The first kappa shape index (κ1) is 10.3.